The molecule has 0 radical (unpaired) electrons. The van der Waals surface area contributed by atoms with Gasteiger partial charge >= 0.3 is 6.18 Å². The van der Waals surface area contributed by atoms with Crippen LogP contribution >= 0.6 is 11.6 Å². The van der Waals surface area contributed by atoms with Gasteiger partial charge in [0.15, 0.2) is 23.6 Å². The van der Waals surface area contributed by atoms with Crippen molar-refractivity contribution in [1.82, 2.24) is 30.1 Å². The Bertz CT molecular complexity index is 1930. The average molecular weight is 772 g/mol. The third-order valence-corrected chi connectivity index (χ3v) is 8.85. The molecule has 288 valence electrons. The quantitative estimate of drug-likeness (QED) is 0.0878. The van der Waals surface area contributed by atoms with Crippen LogP contribution in [-0.4, -0.2) is 114 Å². The fourth-order valence-electron chi connectivity index (χ4n) is 5.74. The second-order valence-electron chi connectivity index (χ2n) is 12.0. The number of benzene rings is 2. The summed E-state index contributed by atoms with van der Waals surface area (Å²) in [7, 11) is 3.36. The number of amidine groups is 1. The standard InChI is InChI=1S/C20H18ClF3N4O2.C16H23N5O3/c1-25-19(14-4-3-5-17-13(14)8-9-30-17)27-28(2)11-18(29)26-16-7-6-12(10-15(16)21)20(22,23)24;1-4-12(17-3)13(9-22)20-5-7-21(8-6-20)16(24)14-15(23)11(2)18-10-19-14/h3-7,10H,1,8-9,11H2,2H3,(H,26,29);9-10,17,23H,4-8H2,1-3H3/b27-19-;13-12+. The monoisotopic (exact) mass is 771 g/mol. The number of ether oxygens (including phenoxy) is 1. The van der Waals surface area contributed by atoms with Gasteiger partial charge in [0.25, 0.3) is 5.91 Å². The van der Waals surface area contributed by atoms with E-state index in [0.717, 1.165) is 59.9 Å². The zero-order valence-electron chi connectivity index (χ0n) is 30.2. The van der Waals surface area contributed by atoms with Crippen LogP contribution in [0.3, 0.4) is 0 Å². The van der Waals surface area contributed by atoms with Crippen molar-refractivity contribution in [1.29, 1.82) is 0 Å². The number of allylic oxidation sites excluding steroid dienone is 2. The molecule has 0 aliphatic carbocycles. The van der Waals surface area contributed by atoms with E-state index in [1.54, 1.807) is 25.9 Å². The fraction of sp³-hybridized carbons (Fsp3) is 0.361. The van der Waals surface area contributed by atoms with Gasteiger partial charge < -0.3 is 30.3 Å². The largest absolute Gasteiger partial charge is 0.504 e. The number of hydrazone groups is 1. The molecule has 5 rings (SSSR count). The first-order chi connectivity index (χ1) is 25.7. The number of halogens is 4. The van der Waals surface area contributed by atoms with E-state index < -0.39 is 17.6 Å². The van der Waals surface area contributed by atoms with Crippen molar-refractivity contribution in [3.8, 4) is 11.5 Å². The third kappa shape index (κ3) is 10.0. The van der Waals surface area contributed by atoms with E-state index in [9.17, 15) is 32.7 Å². The third-order valence-electron chi connectivity index (χ3n) is 8.53. The number of anilines is 1. The van der Waals surface area contributed by atoms with Gasteiger partial charge in [-0.3, -0.25) is 19.4 Å². The van der Waals surface area contributed by atoms with Gasteiger partial charge in [-0.1, -0.05) is 30.7 Å². The Morgan fingerprint density at radius 1 is 1.15 bits per heavy atom. The number of aryl methyl sites for hydroxylation is 1. The first-order valence-corrected chi connectivity index (χ1v) is 17.2. The maximum Gasteiger partial charge on any atom is 0.416 e. The molecule has 1 fully saturated rings. The average Bonchev–Trinajstić information content (AvgIpc) is 3.64. The number of aromatic hydroxyl groups is 1. The van der Waals surface area contributed by atoms with E-state index in [4.69, 9.17) is 16.3 Å². The maximum atomic E-state index is 12.7. The number of aliphatic imine (C=N–C) groups is 1. The van der Waals surface area contributed by atoms with Gasteiger partial charge in [-0.25, -0.2) is 15.0 Å². The smallest absolute Gasteiger partial charge is 0.416 e. The number of fused-ring (bicyclic) bond motifs is 1. The molecule has 0 bridgehead atoms. The Labute approximate surface area is 315 Å². The van der Waals surface area contributed by atoms with Crippen LogP contribution < -0.4 is 15.4 Å². The van der Waals surface area contributed by atoms with Crippen molar-refractivity contribution in [3.05, 3.63) is 87.2 Å². The minimum atomic E-state index is -4.52. The number of aldehydes is 1. The van der Waals surface area contributed by atoms with Crippen LogP contribution in [0.5, 0.6) is 11.5 Å². The number of likely N-dealkylation sites (N-methyl/N-ethyl adjacent to an activating group) is 1. The normalized spacial score (nSPS) is 14.5. The molecule has 3 aromatic rings. The molecule has 14 nitrogen and oxygen atoms in total. The number of hydrogen-bond donors (Lipinski definition) is 3. The molecule has 2 aliphatic rings. The molecule has 54 heavy (non-hydrogen) atoms. The van der Waals surface area contributed by atoms with E-state index in [1.807, 2.05) is 30.0 Å². The molecule has 3 N–H and O–H groups in total. The summed E-state index contributed by atoms with van der Waals surface area (Å²) in [5.74, 6) is 0.0924. The number of rotatable bonds is 10. The van der Waals surface area contributed by atoms with Gasteiger partial charge in [0.2, 0.25) is 5.91 Å². The lowest BCUT2D eigenvalue weighted by Gasteiger charge is -2.36. The molecule has 3 heterocycles. The maximum absolute atomic E-state index is 12.7. The predicted molar refractivity (Wildman–Crippen MR) is 198 cm³/mol. The molecule has 0 spiro atoms. The minimum absolute atomic E-state index is 0.0200. The molecule has 2 aromatic carbocycles. The molecule has 0 unspecified atom stereocenters. The molecular formula is C36H41ClF3N9O5. The highest BCUT2D eigenvalue weighted by Gasteiger charge is 2.31. The molecule has 2 aliphatic heterocycles. The van der Waals surface area contributed by atoms with Gasteiger partial charge in [0.1, 0.15) is 18.6 Å². The molecule has 0 atom stereocenters. The van der Waals surface area contributed by atoms with Crippen LogP contribution in [0.15, 0.2) is 64.2 Å². The first kappa shape index (κ1) is 41.1. The predicted octanol–water partition coefficient (Wildman–Crippen LogP) is 4.51. The van der Waals surface area contributed by atoms with E-state index in [2.05, 4.69) is 37.4 Å². The van der Waals surface area contributed by atoms with Crippen molar-refractivity contribution in [2.75, 3.05) is 58.7 Å². The Hall–Kier alpha value is -5.71. The lowest BCUT2D eigenvalue weighted by Crippen LogP contribution is -2.49. The molecule has 1 saturated heterocycles. The van der Waals surface area contributed by atoms with Crippen LogP contribution in [0.4, 0.5) is 18.9 Å². The number of nitrogens with zero attached hydrogens (tertiary/aromatic N) is 7. The Morgan fingerprint density at radius 2 is 1.85 bits per heavy atom. The van der Waals surface area contributed by atoms with Crippen LogP contribution in [-0.2, 0) is 22.2 Å². The van der Waals surface area contributed by atoms with Crippen LogP contribution in [0, 0.1) is 6.92 Å². The highest BCUT2D eigenvalue weighted by atomic mass is 35.5. The molecule has 2 amide bonds. The Kier molecular flexibility index (Phi) is 14.0. The van der Waals surface area contributed by atoms with Gasteiger partial charge in [-0.2, -0.15) is 18.3 Å². The van der Waals surface area contributed by atoms with Gasteiger partial charge in [0.05, 0.1) is 34.3 Å². The number of carbonyl (C=O) groups excluding carboxylic acids is 3. The molecule has 1 aromatic heterocycles. The topological polar surface area (TPSA) is 165 Å². The summed E-state index contributed by atoms with van der Waals surface area (Å²) in [5, 5.41) is 21.0. The summed E-state index contributed by atoms with van der Waals surface area (Å²) < 4.78 is 43.7. The summed E-state index contributed by atoms with van der Waals surface area (Å²) in [6, 6.07) is 8.24. The molecular weight excluding hydrogens is 731 g/mol. The first-order valence-electron chi connectivity index (χ1n) is 16.8. The minimum Gasteiger partial charge on any atom is -0.504 e. The summed E-state index contributed by atoms with van der Waals surface area (Å²) in [4.78, 5) is 51.5. The number of piperazine rings is 1. The van der Waals surface area contributed by atoms with E-state index >= 15 is 0 Å². The van der Waals surface area contributed by atoms with E-state index in [0.29, 0.717) is 50.0 Å². The zero-order chi connectivity index (χ0) is 39.6. The number of amides is 2. The van der Waals surface area contributed by atoms with Crippen LogP contribution in [0.1, 0.15) is 46.2 Å². The highest BCUT2D eigenvalue weighted by molar-refractivity contribution is 6.33. The Balaban J connectivity index is 0.000000247. The number of alkyl halides is 3. The van der Waals surface area contributed by atoms with Crippen molar-refractivity contribution >= 4 is 47.9 Å². The highest BCUT2D eigenvalue weighted by Crippen LogP contribution is 2.34. The summed E-state index contributed by atoms with van der Waals surface area (Å²) in [6.45, 7) is 9.56. The summed E-state index contributed by atoms with van der Waals surface area (Å²) in [5.41, 5.74) is 2.82. The van der Waals surface area contributed by atoms with E-state index in [-0.39, 0.29) is 34.6 Å². The lowest BCUT2D eigenvalue weighted by atomic mass is 10.0. The van der Waals surface area contributed by atoms with Crippen molar-refractivity contribution in [2.45, 2.75) is 32.9 Å². The van der Waals surface area contributed by atoms with Gasteiger partial charge in [-0.15, -0.1) is 0 Å². The number of aromatic nitrogens is 2. The number of carbonyl (C=O) groups is 3. The van der Waals surface area contributed by atoms with Crippen molar-refractivity contribution < 1.29 is 37.4 Å². The fourth-order valence-corrected chi connectivity index (χ4v) is 5.96. The molecule has 0 saturated carbocycles. The SMILES string of the molecule is C=N/C(=N\N(C)CC(=O)Nc1ccc(C(F)(F)F)cc1Cl)c1cccc2c1CCO2.CC/C(NC)=C(/C=O)N1CCN(C(=O)c2ncnc(C)c2O)CC1. The second kappa shape index (κ2) is 18.4. The lowest BCUT2D eigenvalue weighted by molar-refractivity contribution is -0.137. The van der Waals surface area contributed by atoms with Crippen LogP contribution in [0.2, 0.25) is 5.02 Å². The second-order valence-corrected chi connectivity index (χ2v) is 12.4. The summed E-state index contributed by atoms with van der Waals surface area (Å²) in [6.07, 6.45) is -0.940. The van der Waals surface area contributed by atoms with E-state index in [1.165, 1.54) is 11.3 Å². The number of hydrogen-bond acceptors (Lipinski definition) is 11. The number of nitrogens with one attached hydrogen (secondary N) is 2. The Morgan fingerprint density at radius 3 is 2.46 bits per heavy atom. The summed E-state index contributed by atoms with van der Waals surface area (Å²) >= 11 is 5.87. The van der Waals surface area contributed by atoms with Crippen LogP contribution in [0.25, 0.3) is 0 Å². The van der Waals surface area contributed by atoms with Gasteiger partial charge in [-0.05, 0) is 44.3 Å². The molecule has 18 heteroatoms. The van der Waals surface area contributed by atoms with Gasteiger partial charge in [0, 0.05) is 63.5 Å². The van der Waals surface area contributed by atoms with Crippen molar-refractivity contribution in [2.24, 2.45) is 10.1 Å². The van der Waals surface area contributed by atoms with Crippen molar-refractivity contribution in [3.63, 3.8) is 0 Å². The zero-order valence-corrected chi connectivity index (χ0v) is 31.0.